The molecular weight excluding hydrogens is 396 g/mol. The summed E-state index contributed by atoms with van der Waals surface area (Å²) in [5.41, 5.74) is 0.416. The monoisotopic (exact) mass is 430 g/mol. The highest BCUT2D eigenvalue weighted by molar-refractivity contribution is 6.01. The van der Waals surface area contributed by atoms with E-state index in [1.54, 1.807) is 18.2 Å². The third-order valence-electron chi connectivity index (χ3n) is 5.92. The van der Waals surface area contributed by atoms with Crippen molar-refractivity contribution in [3.63, 3.8) is 0 Å². The number of rotatable bonds is 9. The van der Waals surface area contributed by atoms with Crippen LogP contribution in [0, 0.1) is 0 Å². The van der Waals surface area contributed by atoms with Crippen LogP contribution in [0.3, 0.4) is 0 Å². The third-order valence-corrected chi connectivity index (χ3v) is 5.92. The van der Waals surface area contributed by atoms with Crippen molar-refractivity contribution < 1.29 is 23.9 Å². The van der Waals surface area contributed by atoms with Crippen molar-refractivity contribution in [2.45, 2.75) is 76.9 Å². The molecule has 1 aliphatic carbocycles. The minimum absolute atomic E-state index is 0.0747. The lowest BCUT2D eigenvalue weighted by Crippen LogP contribution is -2.58. The van der Waals surface area contributed by atoms with Gasteiger partial charge in [-0.05, 0) is 44.2 Å². The molecule has 7 heteroatoms. The fourth-order valence-electron chi connectivity index (χ4n) is 4.19. The van der Waals surface area contributed by atoms with Crippen LogP contribution in [0.4, 0.5) is 0 Å². The number of benzene rings is 1. The summed E-state index contributed by atoms with van der Waals surface area (Å²) in [5, 5.41) is 2.77. The second kappa shape index (κ2) is 11.7. The van der Waals surface area contributed by atoms with Crippen LogP contribution < -0.4 is 10.1 Å². The number of carbonyl (C=O) groups is 3. The van der Waals surface area contributed by atoms with Crippen LogP contribution in [0.25, 0.3) is 0 Å². The molecule has 7 nitrogen and oxygen atoms in total. The normalized spacial score (nSPS) is 19.6. The number of para-hydroxylation sites is 1. The van der Waals surface area contributed by atoms with Gasteiger partial charge in [-0.3, -0.25) is 14.4 Å². The van der Waals surface area contributed by atoms with Gasteiger partial charge in [0.05, 0.1) is 18.6 Å². The number of nitrogens with one attached hydrogen (secondary N) is 1. The summed E-state index contributed by atoms with van der Waals surface area (Å²) < 4.78 is 11.4. The average Bonchev–Trinajstić information content (AvgIpc) is 2.78. The summed E-state index contributed by atoms with van der Waals surface area (Å²) in [6.45, 7) is 3.36. The Morgan fingerprint density at radius 1 is 1.13 bits per heavy atom. The van der Waals surface area contributed by atoms with Gasteiger partial charge in [-0.15, -0.1) is 0 Å². The molecule has 2 fully saturated rings. The summed E-state index contributed by atoms with van der Waals surface area (Å²) in [7, 11) is 0. The SMILES string of the molecule is CCCCCOc1ccccc1C(=O)N1CCNC(=O)[C@@H]1CC(=O)OC1CCCCC1. The number of ether oxygens (including phenoxy) is 2. The number of esters is 1. The molecule has 1 saturated carbocycles. The Hall–Kier alpha value is -2.57. The Balaban J connectivity index is 1.68. The van der Waals surface area contributed by atoms with E-state index in [0.717, 1.165) is 44.9 Å². The fraction of sp³-hybridized carbons (Fsp3) is 0.625. The predicted molar refractivity (Wildman–Crippen MR) is 117 cm³/mol. The Labute approximate surface area is 184 Å². The van der Waals surface area contributed by atoms with Crippen LogP contribution in [0.15, 0.2) is 24.3 Å². The van der Waals surface area contributed by atoms with Crippen LogP contribution in [0.5, 0.6) is 5.75 Å². The maximum atomic E-state index is 13.4. The molecule has 1 N–H and O–H groups in total. The van der Waals surface area contributed by atoms with Crippen molar-refractivity contribution >= 4 is 17.8 Å². The molecule has 0 radical (unpaired) electrons. The summed E-state index contributed by atoms with van der Waals surface area (Å²) in [6.07, 6.45) is 7.88. The van der Waals surface area contributed by atoms with Crippen molar-refractivity contribution in [2.24, 2.45) is 0 Å². The largest absolute Gasteiger partial charge is 0.493 e. The Morgan fingerprint density at radius 3 is 2.68 bits per heavy atom. The van der Waals surface area contributed by atoms with E-state index >= 15 is 0 Å². The van der Waals surface area contributed by atoms with Crippen molar-refractivity contribution in [1.82, 2.24) is 10.2 Å². The van der Waals surface area contributed by atoms with E-state index in [9.17, 15) is 14.4 Å². The van der Waals surface area contributed by atoms with E-state index in [0.29, 0.717) is 31.0 Å². The van der Waals surface area contributed by atoms with E-state index in [1.165, 1.54) is 11.3 Å². The summed E-state index contributed by atoms with van der Waals surface area (Å²) >= 11 is 0. The molecule has 0 bridgehead atoms. The minimum Gasteiger partial charge on any atom is -0.493 e. The number of nitrogens with zero attached hydrogens (tertiary/aromatic N) is 1. The molecule has 2 amide bonds. The summed E-state index contributed by atoms with van der Waals surface area (Å²) in [4.78, 5) is 39.9. The molecule has 2 aliphatic rings. The van der Waals surface area contributed by atoms with Gasteiger partial charge in [-0.25, -0.2) is 0 Å². The molecule has 1 aromatic rings. The molecular formula is C24H34N2O5. The van der Waals surface area contributed by atoms with Crippen molar-refractivity contribution in [3.8, 4) is 5.75 Å². The van der Waals surface area contributed by atoms with Crippen LogP contribution in [0.2, 0.25) is 0 Å². The number of carbonyl (C=O) groups excluding carboxylic acids is 3. The predicted octanol–water partition coefficient (Wildman–Crippen LogP) is 3.46. The first kappa shape index (κ1) is 23.1. The van der Waals surface area contributed by atoms with E-state index in [1.807, 2.05) is 6.07 Å². The topological polar surface area (TPSA) is 84.9 Å². The molecule has 1 saturated heterocycles. The zero-order valence-electron chi connectivity index (χ0n) is 18.4. The zero-order chi connectivity index (χ0) is 22.1. The smallest absolute Gasteiger partial charge is 0.308 e. The van der Waals surface area contributed by atoms with Crippen molar-refractivity contribution in [1.29, 1.82) is 0 Å². The highest BCUT2D eigenvalue weighted by Gasteiger charge is 2.37. The number of hydrogen-bond donors (Lipinski definition) is 1. The second-order valence-corrected chi connectivity index (χ2v) is 8.31. The van der Waals surface area contributed by atoms with Gasteiger partial charge in [0.25, 0.3) is 5.91 Å². The van der Waals surface area contributed by atoms with E-state index in [4.69, 9.17) is 9.47 Å². The quantitative estimate of drug-likeness (QED) is 0.479. The first-order valence-electron chi connectivity index (χ1n) is 11.6. The molecule has 0 aromatic heterocycles. The lowest BCUT2D eigenvalue weighted by atomic mass is 9.98. The van der Waals surface area contributed by atoms with E-state index in [2.05, 4.69) is 12.2 Å². The van der Waals surface area contributed by atoms with Crippen molar-refractivity contribution in [3.05, 3.63) is 29.8 Å². The van der Waals surface area contributed by atoms with Gasteiger partial charge in [-0.2, -0.15) is 0 Å². The number of hydrogen-bond acceptors (Lipinski definition) is 5. The molecule has 1 aromatic carbocycles. The summed E-state index contributed by atoms with van der Waals surface area (Å²) in [5.74, 6) is -0.521. The van der Waals surface area contributed by atoms with Gasteiger partial charge in [0.15, 0.2) is 0 Å². The molecule has 3 rings (SSSR count). The number of piperazine rings is 1. The Kier molecular flexibility index (Phi) is 8.74. The zero-order valence-corrected chi connectivity index (χ0v) is 18.4. The molecule has 1 aliphatic heterocycles. The molecule has 0 unspecified atom stereocenters. The van der Waals surface area contributed by atoms with Gasteiger partial charge in [-0.1, -0.05) is 38.3 Å². The maximum absolute atomic E-state index is 13.4. The molecule has 0 spiro atoms. The van der Waals surface area contributed by atoms with Gasteiger partial charge >= 0.3 is 5.97 Å². The minimum atomic E-state index is -0.870. The Morgan fingerprint density at radius 2 is 1.90 bits per heavy atom. The molecule has 1 atom stereocenters. The van der Waals surface area contributed by atoms with E-state index in [-0.39, 0.29) is 24.3 Å². The van der Waals surface area contributed by atoms with Gasteiger partial charge in [0.2, 0.25) is 5.91 Å². The van der Waals surface area contributed by atoms with Crippen LogP contribution in [-0.2, 0) is 14.3 Å². The first-order chi connectivity index (χ1) is 15.1. The maximum Gasteiger partial charge on any atom is 0.308 e. The third kappa shape index (κ3) is 6.45. The van der Waals surface area contributed by atoms with Gasteiger partial charge in [0, 0.05) is 13.1 Å². The highest BCUT2D eigenvalue weighted by Crippen LogP contribution is 2.24. The molecule has 31 heavy (non-hydrogen) atoms. The lowest BCUT2D eigenvalue weighted by Gasteiger charge is -2.35. The van der Waals surface area contributed by atoms with Crippen molar-refractivity contribution in [2.75, 3.05) is 19.7 Å². The molecule has 170 valence electrons. The first-order valence-corrected chi connectivity index (χ1v) is 11.6. The van der Waals surface area contributed by atoms with Crippen LogP contribution in [-0.4, -0.2) is 54.5 Å². The van der Waals surface area contributed by atoms with E-state index < -0.39 is 12.0 Å². The highest BCUT2D eigenvalue weighted by atomic mass is 16.5. The van der Waals surface area contributed by atoms with Crippen LogP contribution in [0.1, 0.15) is 75.1 Å². The summed E-state index contributed by atoms with van der Waals surface area (Å²) in [6, 6.07) is 6.22. The standard InChI is InChI=1S/C24H34N2O5/c1-2-3-9-16-30-21-13-8-7-12-19(21)24(29)26-15-14-25-23(28)20(26)17-22(27)31-18-10-5-4-6-11-18/h7-8,12-13,18,20H,2-6,9-11,14-17H2,1H3,(H,25,28)/t20-/m0/s1. The Bertz CT molecular complexity index is 760. The average molecular weight is 431 g/mol. The number of amides is 2. The van der Waals surface area contributed by atoms with Gasteiger partial charge < -0.3 is 19.7 Å². The fourth-order valence-corrected chi connectivity index (χ4v) is 4.19. The van der Waals surface area contributed by atoms with Crippen LogP contribution >= 0.6 is 0 Å². The number of unbranched alkanes of at least 4 members (excludes halogenated alkanes) is 2. The van der Waals surface area contributed by atoms with Gasteiger partial charge in [0.1, 0.15) is 17.9 Å². The molecule has 1 heterocycles. The second-order valence-electron chi connectivity index (χ2n) is 8.31. The lowest BCUT2D eigenvalue weighted by molar-refractivity contribution is -0.153.